The van der Waals surface area contributed by atoms with E-state index in [1.54, 1.807) is 7.11 Å². The Labute approximate surface area is 217 Å². The third-order valence-electron chi connectivity index (χ3n) is 7.12. The lowest BCUT2D eigenvalue weighted by molar-refractivity contribution is 0.197. The van der Waals surface area contributed by atoms with Crippen molar-refractivity contribution in [2.45, 2.75) is 25.7 Å². The van der Waals surface area contributed by atoms with E-state index < -0.39 is 0 Å². The molecule has 0 saturated carbocycles. The number of anilines is 1. The van der Waals surface area contributed by atoms with Crippen molar-refractivity contribution in [1.29, 1.82) is 0 Å². The molecule has 4 rings (SSSR count). The Morgan fingerprint density at radius 1 is 0.972 bits per heavy atom. The maximum Gasteiger partial charge on any atom is 0.118 e. The molecular formula is C30H43N5O. The summed E-state index contributed by atoms with van der Waals surface area (Å²) in [6.07, 6.45) is 4.96. The topological polar surface area (TPSA) is 52.7 Å². The van der Waals surface area contributed by atoms with E-state index in [2.05, 4.69) is 77.0 Å². The molecular weight excluding hydrogens is 446 g/mol. The summed E-state index contributed by atoms with van der Waals surface area (Å²) in [5.41, 5.74) is 4.25. The van der Waals surface area contributed by atoms with Crippen molar-refractivity contribution in [2.24, 2.45) is 5.92 Å². The molecule has 0 radical (unpaired) electrons. The average molecular weight is 490 g/mol. The molecule has 2 heterocycles. The number of nitrogens with one attached hydrogen (secondary N) is 2. The van der Waals surface area contributed by atoms with Gasteiger partial charge < -0.3 is 25.2 Å². The molecule has 1 aliphatic heterocycles. The molecule has 0 atom stereocenters. The van der Waals surface area contributed by atoms with E-state index in [1.807, 2.05) is 12.1 Å². The van der Waals surface area contributed by atoms with Crippen LogP contribution in [0.4, 0.5) is 5.69 Å². The van der Waals surface area contributed by atoms with Gasteiger partial charge in [-0.05, 0) is 115 Å². The van der Waals surface area contributed by atoms with Crippen molar-refractivity contribution < 1.29 is 4.74 Å². The molecule has 1 aromatic heterocycles. The predicted molar refractivity (Wildman–Crippen MR) is 152 cm³/mol. The molecule has 6 heteroatoms. The molecule has 0 aliphatic carbocycles. The fourth-order valence-electron chi connectivity index (χ4n) is 5.09. The monoisotopic (exact) mass is 489 g/mol. The Balaban J connectivity index is 1.39. The van der Waals surface area contributed by atoms with Crippen LogP contribution in [0.1, 0.15) is 25.7 Å². The first-order valence-corrected chi connectivity index (χ1v) is 13.5. The molecule has 2 aromatic carbocycles. The Hall–Kier alpha value is -2.67. The number of piperidine rings is 1. The van der Waals surface area contributed by atoms with Gasteiger partial charge in [0.1, 0.15) is 5.75 Å². The quantitative estimate of drug-likeness (QED) is 0.331. The number of hydrogen-bond donors (Lipinski definition) is 2. The molecule has 36 heavy (non-hydrogen) atoms. The second kappa shape index (κ2) is 13.6. The fourth-order valence-corrected chi connectivity index (χ4v) is 5.09. The first-order chi connectivity index (χ1) is 17.6. The summed E-state index contributed by atoms with van der Waals surface area (Å²) in [7, 11) is 6.03. The number of para-hydroxylation sites is 1. The third kappa shape index (κ3) is 7.66. The van der Waals surface area contributed by atoms with Gasteiger partial charge in [-0.25, -0.2) is 4.98 Å². The summed E-state index contributed by atoms with van der Waals surface area (Å²) in [4.78, 5) is 9.93. The number of pyridine rings is 1. The lowest BCUT2D eigenvalue weighted by Crippen LogP contribution is -2.38. The standard InChI is InChI=1S/C30H43N5O/c1-34(2)19-7-21-35(23-24-14-17-31-18-15-24)20-6-16-32-30-22-29(25-10-12-26(36-3)13-11-25)33-28-9-5-4-8-27(28)30/h4-5,8-13,22,24,31H,6-7,14-21,23H2,1-3H3,(H,32,33). The normalized spacial score (nSPS) is 14.6. The van der Waals surface area contributed by atoms with E-state index in [0.29, 0.717) is 0 Å². The average Bonchev–Trinajstić information content (AvgIpc) is 2.91. The van der Waals surface area contributed by atoms with Crippen molar-refractivity contribution in [3.63, 3.8) is 0 Å². The maximum absolute atomic E-state index is 5.33. The largest absolute Gasteiger partial charge is 0.497 e. The molecule has 0 amide bonds. The Morgan fingerprint density at radius 2 is 1.72 bits per heavy atom. The highest BCUT2D eigenvalue weighted by molar-refractivity contribution is 5.93. The zero-order chi connectivity index (χ0) is 25.2. The number of methoxy groups -OCH3 is 1. The lowest BCUT2D eigenvalue weighted by Gasteiger charge is -2.30. The van der Waals surface area contributed by atoms with E-state index in [1.165, 1.54) is 50.8 Å². The summed E-state index contributed by atoms with van der Waals surface area (Å²) in [5.74, 6) is 1.69. The van der Waals surface area contributed by atoms with Gasteiger partial charge in [0.2, 0.25) is 0 Å². The molecule has 194 valence electrons. The minimum atomic E-state index is 0.828. The first kappa shape index (κ1) is 26.4. The van der Waals surface area contributed by atoms with Gasteiger partial charge in [-0.15, -0.1) is 0 Å². The smallest absolute Gasteiger partial charge is 0.118 e. The summed E-state index contributed by atoms with van der Waals surface area (Å²) in [5, 5.41) is 8.42. The van der Waals surface area contributed by atoms with Crippen molar-refractivity contribution >= 4 is 16.6 Å². The van der Waals surface area contributed by atoms with Crippen LogP contribution in [0, 0.1) is 5.92 Å². The Morgan fingerprint density at radius 3 is 2.47 bits per heavy atom. The van der Waals surface area contributed by atoms with Crippen molar-refractivity contribution in [3.8, 4) is 17.0 Å². The molecule has 1 fully saturated rings. The van der Waals surface area contributed by atoms with Crippen LogP contribution in [0.15, 0.2) is 54.6 Å². The van der Waals surface area contributed by atoms with Gasteiger partial charge in [-0.2, -0.15) is 0 Å². The summed E-state index contributed by atoms with van der Waals surface area (Å²) >= 11 is 0. The Bertz CT molecular complexity index is 1060. The van der Waals surface area contributed by atoms with Crippen LogP contribution in [-0.4, -0.2) is 81.8 Å². The number of rotatable bonds is 13. The van der Waals surface area contributed by atoms with Crippen LogP contribution in [0.2, 0.25) is 0 Å². The van der Waals surface area contributed by atoms with Crippen LogP contribution >= 0.6 is 0 Å². The number of ether oxygens (including phenoxy) is 1. The van der Waals surface area contributed by atoms with E-state index in [9.17, 15) is 0 Å². The second-order valence-electron chi connectivity index (χ2n) is 10.2. The second-order valence-corrected chi connectivity index (χ2v) is 10.2. The minimum absolute atomic E-state index is 0.828. The van der Waals surface area contributed by atoms with Gasteiger partial charge in [0.05, 0.1) is 18.3 Å². The van der Waals surface area contributed by atoms with E-state index in [-0.39, 0.29) is 0 Å². The highest BCUT2D eigenvalue weighted by atomic mass is 16.5. The molecule has 0 unspecified atom stereocenters. The third-order valence-corrected chi connectivity index (χ3v) is 7.12. The molecule has 0 bridgehead atoms. The summed E-state index contributed by atoms with van der Waals surface area (Å²) in [6, 6.07) is 18.7. The maximum atomic E-state index is 5.33. The molecule has 1 saturated heterocycles. The van der Waals surface area contributed by atoms with Crippen LogP contribution in [0.5, 0.6) is 5.75 Å². The van der Waals surface area contributed by atoms with Gasteiger partial charge in [0.25, 0.3) is 0 Å². The van der Waals surface area contributed by atoms with Crippen molar-refractivity contribution in [3.05, 3.63) is 54.6 Å². The highest BCUT2D eigenvalue weighted by Gasteiger charge is 2.17. The summed E-state index contributed by atoms with van der Waals surface area (Å²) in [6.45, 7) is 7.99. The zero-order valence-corrected chi connectivity index (χ0v) is 22.3. The molecule has 2 N–H and O–H groups in total. The van der Waals surface area contributed by atoms with Gasteiger partial charge in [-0.3, -0.25) is 0 Å². The van der Waals surface area contributed by atoms with Crippen LogP contribution in [0.3, 0.4) is 0 Å². The van der Waals surface area contributed by atoms with Crippen LogP contribution in [0.25, 0.3) is 22.2 Å². The van der Waals surface area contributed by atoms with E-state index >= 15 is 0 Å². The Kier molecular flexibility index (Phi) is 9.96. The van der Waals surface area contributed by atoms with Gasteiger partial charge in [0, 0.05) is 29.7 Å². The number of fused-ring (bicyclic) bond motifs is 1. The molecule has 1 aliphatic rings. The molecule has 6 nitrogen and oxygen atoms in total. The number of nitrogens with zero attached hydrogens (tertiary/aromatic N) is 3. The molecule has 0 spiro atoms. The van der Waals surface area contributed by atoms with Gasteiger partial charge in [0.15, 0.2) is 0 Å². The van der Waals surface area contributed by atoms with Gasteiger partial charge >= 0.3 is 0 Å². The fraction of sp³-hybridized carbons (Fsp3) is 0.500. The van der Waals surface area contributed by atoms with Crippen molar-refractivity contribution in [1.82, 2.24) is 20.1 Å². The zero-order valence-electron chi connectivity index (χ0n) is 22.3. The van der Waals surface area contributed by atoms with Crippen molar-refractivity contribution in [2.75, 3.05) is 72.3 Å². The summed E-state index contributed by atoms with van der Waals surface area (Å²) < 4.78 is 5.33. The number of benzene rings is 2. The lowest BCUT2D eigenvalue weighted by atomic mass is 9.97. The van der Waals surface area contributed by atoms with Gasteiger partial charge in [-0.1, -0.05) is 18.2 Å². The number of hydrogen-bond acceptors (Lipinski definition) is 6. The predicted octanol–water partition coefficient (Wildman–Crippen LogP) is 4.97. The minimum Gasteiger partial charge on any atom is -0.497 e. The van der Waals surface area contributed by atoms with Crippen LogP contribution < -0.4 is 15.4 Å². The van der Waals surface area contributed by atoms with Crippen LogP contribution in [-0.2, 0) is 0 Å². The number of aromatic nitrogens is 1. The highest BCUT2D eigenvalue weighted by Crippen LogP contribution is 2.29. The first-order valence-electron chi connectivity index (χ1n) is 13.5. The molecule has 3 aromatic rings. The SMILES string of the molecule is COc1ccc(-c2cc(NCCCN(CCCN(C)C)CC3CCNCC3)c3ccccc3n2)cc1. The van der Waals surface area contributed by atoms with E-state index in [0.717, 1.165) is 60.2 Å². The van der Waals surface area contributed by atoms with E-state index in [4.69, 9.17) is 9.72 Å².